The predicted octanol–water partition coefficient (Wildman–Crippen LogP) is 1.91. The molecular formula is C8H11ClN2O2S2. The van der Waals surface area contributed by atoms with Crippen molar-refractivity contribution in [2.24, 2.45) is 0 Å². The fourth-order valence-electron chi connectivity index (χ4n) is 1.01. The molecule has 0 N–H and O–H groups in total. The zero-order chi connectivity index (χ0) is 11.6. The lowest BCUT2D eigenvalue weighted by atomic mass is 10.6. The summed E-state index contributed by atoms with van der Waals surface area (Å²) < 4.78 is 25.5. The van der Waals surface area contributed by atoms with Gasteiger partial charge in [0.2, 0.25) is 0 Å². The molecule has 0 atom stereocenters. The van der Waals surface area contributed by atoms with Gasteiger partial charge in [-0.05, 0) is 6.92 Å². The van der Waals surface area contributed by atoms with Crippen LogP contribution in [0.2, 0.25) is 4.47 Å². The number of rotatable bonds is 4. The lowest BCUT2D eigenvalue weighted by Crippen LogP contribution is -2.26. The van der Waals surface area contributed by atoms with E-state index in [1.54, 1.807) is 6.92 Å². The van der Waals surface area contributed by atoms with Gasteiger partial charge in [-0.15, -0.1) is 6.58 Å². The number of likely N-dealkylation sites (N-methyl/N-ethyl adjacent to an activating group) is 1. The van der Waals surface area contributed by atoms with Gasteiger partial charge in [0.15, 0.2) is 8.68 Å². The van der Waals surface area contributed by atoms with Gasteiger partial charge in [0.25, 0.3) is 10.0 Å². The van der Waals surface area contributed by atoms with Gasteiger partial charge in [-0.25, -0.2) is 13.4 Å². The number of aryl methyl sites for hydroxylation is 1. The number of thiazole rings is 1. The van der Waals surface area contributed by atoms with E-state index >= 15 is 0 Å². The lowest BCUT2D eigenvalue weighted by Gasteiger charge is -2.13. The second-order valence-corrected chi connectivity index (χ2v) is 6.74. The van der Waals surface area contributed by atoms with Gasteiger partial charge in [0, 0.05) is 13.6 Å². The molecule has 84 valence electrons. The number of hydrogen-bond donors (Lipinski definition) is 0. The van der Waals surface area contributed by atoms with Crippen LogP contribution in [0.3, 0.4) is 0 Å². The molecule has 7 heteroatoms. The second kappa shape index (κ2) is 4.61. The molecular weight excluding hydrogens is 256 g/mol. The minimum Gasteiger partial charge on any atom is -0.229 e. The molecule has 1 aromatic heterocycles. The zero-order valence-corrected chi connectivity index (χ0v) is 10.8. The molecule has 0 amide bonds. The molecule has 0 aliphatic heterocycles. The smallest absolute Gasteiger partial charge is 0.229 e. The molecule has 0 spiro atoms. The molecule has 0 aliphatic rings. The summed E-state index contributed by atoms with van der Waals surface area (Å²) in [5.41, 5.74) is 0.431. The quantitative estimate of drug-likeness (QED) is 0.783. The van der Waals surface area contributed by atoms with Crippen molar-refractivity contribution in [3.63, 3.8) is 0 Å². The Kier molecular flexibility index (Phi) is 3.88. The van der Waals surface area contributed by atoms with Gasteiger partial charge >= 0.3 is 0 Å². The molecule has 0 bridgehead atoms. The van der Waals surface area contributed by atoms with E-state index in [1.165, 1.54) is 17.4 Å². The van der Waals surface area contributed by atoms with Crippen LogP contribution in [-0.4, -0.2) is 31.3 Å². The van der Waals surface area contributed by atoms with Crippen molar-refractivity contribution < 1.29 is 8.42 Å². The minimum atomic E-state index is -3.48. The van der Waals surface area contributed by atoms with E-state index in [2.05, 4.69) is 11.6 Å². The molecule has 0 aliphatic carbocycles. The normalized spacial score (nSPS) is 12.0. The summed E-state index contributed by atoms with van der Waals surface area (Å²) in [6, 6.07) is 0. The molecule has 4 nitrogen and oxygen atoms in total. The highest BCUT2D eigenvalue weighted by molar-refractivity contribution is 7.91. The highest BCUT2D eigenvalue weighted by atomic mass is 35.5. The highest BCUT2D eigenvalue weighted by Crippen LogP contribution is 2.28. The molecule has 0 saturated carbocycles. The van der Waals surface area contributed by atoms with E-state index in [-0.39, 0.29) is 15.2 Å². The number of nitrogens with zero attached hydrogens (tertiary/aromatic N) is 2. The standard InChI is InChI=1S/C8H11ClN2O2S2/c1-4-5-11(3)15(12,13)7-6(2)10-8(9)14-7/h4H,1,5H2,2-3H3. The maximum atomic E-state index is 11.9. The van der Waals surface area contributed by atoms with Gasteiger partial charge in [-0.2, -0.15) is 4.31 Å². The van der Waals surface area contributed by atoms with E-state index < -0.39 is 10.0 Å². The van der Waals surface area contributed by atoms with Crippen LogP contribution >= 0.6 is 22.9 Å². The summed E-state index contributed by atoms with van der Waals surface area (Å²) in [5, 5.41) is 0. The first-order chi connectivity index (χ1) is 6.89. The van der Waals surface area contributed by atoms with Crippen molar-refractivity contribution in [3.8, 4) is 0 Å². The van der Waals surface area contributed by atoms with Crippen LogP contribution in [0.1, 0.15) is 5.69 Å². The first-order valence-electron chi connectivity index (χ1n) is 4.09. The van der Waals surface area contributed by atoms with Crippen molar-refractivity contribution in [1.82, 2.24) is 9.29 Å². The van der Waals surface area contributed by atoms with Gasteiger partial charge in [-0.1, -0.05) is 29.0 Å². The Morgan fingerprint density at radius 1 is 1.67 bits per heavy atom. The molecule has 0 radical (unpaired) electrons. The van der Waals surface area contributed by atoms with Crippen LogP contribution in [0.5, 0.6) is 0 Å². The third-order valence-electron chi connectivity index (χ3n) is 1.76. The van der Waals surface area contributed by atoms with Crippen LogP contribution in [-0.2, 0) is 10.0 Å². The maximum Gasteiger partial charge on any atom is 0.254 e. The Hall–Kier alpha value is -0.430. The predicted molar refractivity (Wildman–Crippen MR) is 61.9 cm³/mol. The van der Waals surface area contributed by atoms with Crippen LogP contribution in [0.4, 0.5) is 0 Å². The summed E-state index contributed by atoms with van der Waals surface area (Å²) in [7, 11) is -1.99. The van der Waals surface area contributed by atoms with E-state index in [0.717, 1.165) is 11.3 Å². The SMILES string of the molecule is C=CCN(C)S(=O)(=O)c1sc(Cl)nc1C. The molecule has 15 heavy (non-hydrogen) atoms. The minimum absolute atomic E-state index is 0.192. The Morgan fingerprint density at radius 2 is 2.27 bits per heavy atom. The summed E-state index contributed by atoms with van der Waals surface area (Å²) in [6.07, 6.45) is 1.52. The van der Waals surface area contributed by atoms with Crippen LogP contribution in [0.25, 0.3) is 0 Å². The average Bonchev–Trinajstić information content (AvgIpc) is 2.46. The largest absolute Gasteiger partial charge is 0.254 e. The van der Waals surface area contributed by atoms with Crippen molar-refractivity contribution in [2.45, 2.75) is 11.1 Å². The molecule has 0 aromatic carbocycles. The zero-order valence-electron chi connectivity index (χ0n) is 8.40. The van der Waals surface area contributed by atoms with Gasteiger partial charge in [0.1, 0.15) is 0 Å². The fraction of sp³-hybridized carbons (Fsp3) is 0.375. The fourth-order valence-corrected chi connectivity index (χ4v) is 4.08. The van der Waals surface area contributed by atoms with Crippen molar-refractivity contribution in [2.75, 3.05) is 13.6 Å². The molecule has 1 rings (SSSR count). The van der Waals surface area contributed by atoms with E-state index in [1.807, 2.05) is 0 Å². The topological polar surface area (TPSA) is 50.3 Å². The third kappa shape index (κ3) is 2.57. The number of aromatic nitrogens is 1. The second-order valence-electron chi connectivity index (χ2n) is 2.91. The third-order valence-corrected chi connectivity index (χ3v) is 5.43. The Labute approximate surface area is 98.3 Å². The van der Waals surface area contributed by atoms with Crippen LogP contribution in [0, 0.1) is 6.92 Å². The highest BCUT2D eigenvalue weighted by Gasteiger charge is 2.25. The summed E-state index contributed by atoms with van der Waals surface area (Å²) >= 11 is 6.62. The number of hydrogen-bond acceptors (Lipinski definition) is 4. The molecule has 1 aromatic rings. The monoisotopic (exact) mass is 266 g/mol. The van der Waals surface area contributed by atoms with Crippen LogP contribution < -0.4 is 0 Å². The first kappa shape index (κ1) is 12.6. The Bertz CT molecular complexity index is 467. The van der Waals surface area contributed by atoms with Crippen molar-refractivity contribution in [1.29, 1.82) is 0 Å². The molecule has 0 unspecified atom stereocenters. The lowest BCUT2D eigenvalue weighted by molar-refractivity contribution is 0.501. The average molecular weight is 267 g/mol. The van der Waals surface area contributed by atoms with Gasteiger partial charge < -0.3 is 0 Å². The molecule has 1 heterocycles. The van der Waals surface area contributed by atoms with E-state index in [4.69, 9.17) is 11.6 Å². The number of sulfonamides is 1. The summed E-state index contributed by atoms with van der Waals surface area (Å²) in [5.74, 6) is 0. The summed E-state index contributed by atoms with van der Waals surface area (Å²) in [4.78, 5) is 3.87. The first-order valence-corrected chi connectivity index (χ1v) is 6.73. The van der Waals surface area contributed by atoms with Crippen LogP contribution in [0.15, 0.2) is 16.9 Å². The van der Waals surface area contributed by atoms with Gasteiger partial charge in [0.05, 0.1) is 5.69 Å². The molecule has 0 saturated heterocycles. The Balaban J connectivity index is 3.16. The maximum absolute atomic E-state index is 11.9. The number of halogens is 1. The van der Waals surface area contributed by atoms with Crippen molar-refractivity contribution in [3.05, 3.63) is 22.8 Å². The summed E-state index contributed by atoms with van der Waals surface area (Å²) in [6.45, 7) is 5.37. The van der Waals surface area contributed by atoms with E-state index in [9.17, 15) is 8.42 Å². The Morgan fingerprint density at radius 3 is 2.67 bits per heavy atom. The van der Waals surface area contributed by atoms with Gasteiger partial charge in [-0.3, -0.25) is 0 Å². The van der Waals surface area contributed by atoms with E-state index in [0.29, 0.717) is 5.69 Å². The van der Waals surface area contributed by atoms with Crippen molar-refractivity contribution >= 4 is 33.0 Å². The molecule has 0 fully saturated rings.